The molecule has 1 aliphatic heterocycles. The van der Waals surface area contributed by atoms with Gasteiger partial charge in [0.05, 0.1) is 17.4 Å². The van der Waals surface area contributed by atoms with Crippen molar-refractivity contribution in [3.8, 4) is 11.3 Å². The molecule has 23 heavy (non-hydrogen) atoms. The Bertz CT molecular complexity index is 805. The van der Waals surface area contributed by atoms with Gasteiger partial charge in [-0.3, -0.25) is 4.79 Å². The van der Waals surface area contributed by atoms with E-state index in [9.17, 15) is 13.2 Å². The molecule has 0 spiro atoms. The first-order valence-electron chi connectivity index (χ1n) is 7.13. The molecule has 122 valence electrons. The van der Waals surface area contributed by atoms with Gasteiger partial charge in [0.15, 0.2) is 5.89 Å². The quantitative estimate of drug-likeness (QED) is 0.908. The fourth-order valence-corrected chi connectivity index (χ4v) is 3.36. The number of sulfonamides is 1. The number of amides is 1. The van der Waals surface area contributed by atoms with Crippen LogP contribution in [0.3, 0.4) is 0 Å². The maximum absolute atomic E-state index is 12.2. The largest absolute Gasteiger partial charge is 0.449 e. The zero-order chi connectivity index (χ0) is 16.4. The number of ether oxygens (including phenoxy) is 1. The van der Waals surface area contributed by atoms with Crippen molar-refractivity contribution in [3.05, 3.63) is 36.4 Å². The first-order chi connectivity index (χ1) is 11.0. The van der Waals surface area contributed by atoms with E-state index in [0.29, 0.717) is 24.6 Å². The summed E-state index contributed by atoms with van der Waals surface area (Å²) in [7, 11) is -3.89. The molecule has 1 aromatic carbocycles. The number of hydrogen-bond acceptors (Lipinski definition) is 6. The van der Waals surface area contributed by atoms with Crippen LogP contribution < -0.4 is 4.72 Å². The van der Waals surface area contributed by atoms with Gasteiger partial charge < -0.3 is 9.15 Å². The third-order valence-electron chi connectivity index (χ3n) is 3.61. The van der Waals surface area contributed by atoms with Gasteiger partial charge in [0.1, 0.15) is 12.0 Å². The Morgan fingerprint density at radius 1 is 1.30 bits per heavy atom. The van der Waals surface area contributed by atoms with E-state index in [2.05, 4.69) is 9.71 Å². The first kappa shape index (κ1) is 15.7. The van der Waals surface area contributed by atoms with Crippen LogP contribution in [0.15, 0.2) is 39.8 Å². The Hall–Kier alpha value is -2.19. The molecule has 1 saturated heterocycles. The van der Waals surface area contributed by atoms with Gasteiger partial charge in [0, 0.05) is 19.1 Å². The number of nitrogens with one attached hydrogen (secondary N) is 1. The molecule has 0 aliphatic carbocycles. The molecule has 1 N–H and O–H groups in total. The summed E-state index contributed by atoms with van der Waals surface area (Å²) in [6.45, 7) is 2.46. The second-order valence-corrected chi connectivity index (χ2v) is 6.99. The van der Waals surface area contributed by atoms with Crippen molar-refractivity contribution in [3.63, 3.8) is 0 Å². The lowest BCUT2D eigenvalue weighted by Gasteiger charge is -2.10. The molecule has 1 aromatic heterocycles. The third-order valence-corrected chi connectivity index (χ3v) is 4.98. The molecule has 2 heterocycles. The van der Waals surface area contributed by atoms with Crippen LogP contribution in [0.5, 0.6) is 0 Å². The van der Waals surface area contributed by atoms with Gasteiger partial charge in [-0.2, -0.15) is 0 Å². The highest BCUT2D eigenvalue weighted by Crippen LogP contribution is 2.21. The fourth-order valence-electron chi connectivity index (χ4n) is 2.32. The lowest BCUT2D eigenvalue weighted by molar-refractivity contribution is -0.123. The number of benzene rings is 1. The van der Waals surface area contributed by atoms with Crippen LogP contribution in [0.25, 0.3) is 11.3 Å². The Kier molecular flexibility index (Phi) is 4.18. The zero-order valence-corrected chi connectivity index (χ0v) is 13.3. The highest BCUT2D eigenvalue weighted by Gasteiger charge is 2.27. The van der Waals surface area contributed by atoms with Crippen molar-refractivity contribution in [2.24, 2.45) is 5.92 Å². The third kappa shape index (κ3) is 3.43. The van der Waals surface area contributed by atoms with Gasteiger partial charge in [0.2, 0.25) is 5.91 Å². The van der Waals surface area contributed by atoms with Gasteiger partial charge in [-0.1, -0.05) is 12.1 Å². The highest BCUT2D eigenvalue weighted by atomic mass is 32.2. The average Bonchev–Trinajstić information content (AvgIpc) is 3.18. The van der Waals surface area contributed by atoms with E-state index in [-0.39, 0.29) is 11.5 Å². The number of aromatic nitrogens is 1. The van der Waals surface area contributed by atoms with Gasteiger partial charge in [-0.25, -0.2) is 18.1 Å². The number of carbonyl (C=O) groups is 1. The summed E-state index contributed by atoms with van der Waals surface area (Å²) >= 11 is 0. The van der Waals surface area contributed by atoms with E-state index in [4.69, 9.17) is 9.15 Å². The molecule has 3 rings (SSSR count). The molecule has 1 atom stereocenters. The van der Waals surface area contributed by atoms with E-state index in [1.807, 2.05) is 0 Å². The number of oxazole rings is 1. The van der Waals surface area contributed by atoms with Crippen molar-refractivity contribution < 1.29 is 22.4 Å². The molecule has 1 amide bonds. The summed E-state index contributed by atoms with van der Waals surface area (Å²) in [5, 5.41) is 0. The Balaban J connectivity index is 1.76. The molecule has 0 saturated carbocycles. The molecule has 0 unspecified atom stereocenters. The molecular formula is C15H16N2O5S. The predicted octanol–water partition coefficient (Wildman–Crippen LogP) is 1.49. The standard InChI is InChI=1S/C15H16N2O5S/c1-10-16-14(9-22-10)11-2-4-13(5-3-11)23(19,20)17-15(18)12-6-7-21-8-12/h2-5,9,12H,6-8H2,1H3,(H,17,18)/t12-/m1/s1. The number of carbonyl (C=O) groups excluding carboxylic acids is 1. The maximum Gasteiger partial charge on any atom is 0.264 e. The second-order valence-electron chi connectivity index (χ2n) is 5.31. The Morgan fingerprint density at radius 2 is 2.04 bits per heavy atom. The van der Waals surface area contributed by atoms with E-state index >= 15 is 0 Å². The van der Waals surface area contributed by atoms with Crippen LogP contribution in [0.1, 0.15) is 12.3 Å². The summed E-state index contributed by atoms with van der Waals surface area (Å²) < 4.78 is 36.8. The smallest absolute Gasteiger partial charge is 0.264 e. The normalized spacial score (nSPS) is 18.0. The number of aryl methyl sites for hydroxylation is 1. The van der Waals surface area contributed by atoms with Gasteiger partial charge in [-0.15, -0.1) is 0 Å². The minimum atomic E-state index is -3.89. The zero-order valence-electron chi connectivity index (χ0n) is 12.5. The predicted molar refractivity (Wildman–Crippen MR) is 80.9 cm³/mol. The monoisotopic (exact) mass is 336 g/mol. The van der Waals surface area contributed by atoms with Crippen LogP contribution in [0, 0.1) is 12.8 Å². The first-order valence-corrected chi connectivity index (χ1v) is 8.61. The van der Waals surface area contributed by atoms with Crippen molar-refractivity contribution in [1.29, 1.82) is 0 Å². The molecule has 0 bridgehead atoms. The van der Waals surface area contributed by atoms with Crippen LogP contribution >= 0.6 is 0 Å². The average molecular weight is 336 g/mol. The summed E-state index contributed by atoms with van der Waals surface area (Å²) in [6, 6.07) is 6.10. The molecule has 1 fully saturated rings. The molecule has 0 radical (unpaired) electrons. The van der Waals surface area contributed by atoms with Gasteiger partial charge in [0.25, 0.3) is 10.0 Å². The van der Waals surface area contributed by atoms with E-state index in [1.165, 1.54) is 18.4 Å². The number of nitrogens with zero attached hydrogens (tertiary/aromatic N) is 1. The van der Waals surface area contributed by atoms with Crippen LogP contribution in [0.4, 0.5) is 0 Å². The topological polar surface area (TPSA) is 98.5 Å². The highest BCUT2D eigenvalue weighted by molar-refractivity contribution is 7.90. The van der Waals surface area contributed by atoms with E-state index in [0.717, 1.165) is 5.56 Å². The second kappa shape index (κ2) is 6.13. The van der Waals surface area contributed by atoms with Gasteiger partial charge >= 0.3 is 0 Å². The van der Waals surface area contributed by atoms with Crippen molar-refractivity contribution in [1.82, 2.24) is 9.71 Å². The molecular weight excluding hydrogens is 320 g/mol. The lowest BCUT2D eigenvalue weighted by Crippen LogP contribution is -2.35. The molecule has 7 nitrogen and oxygen atoms in total. The summed E-state index contributed by atoms with van der Waals surface area (Å²) in [5.41, 5.74) is 1.36. The van der Waals surface area contributed by atoms with Crippen LogP contribution in [0.2, 0.25) is 0 Å². The van der Waals surface area contributed by atoms with Crippen molar-refractivity contribution in [2.45, 2.75) is 18.2 Å². The summed E-state index contributed by atoms with van der Waals surface area (Å²) in [5.74, 6) is -0.413. The summed E-state index contributed by atoms with van der Waals surface area (Å²) in [6.07, 6.45) is 2.03. The van der Waals surface area contributed by atoms with Crippen LogP contribution in [-0.2, 0) is 19.6 Å². The van der Waals surface area contributed by atoms with Crippen LogP contribution in [-0.4, -0.2) is 32.5 Å². The molecule has 8 heteroatoms. The van der Waals surface area contributed by atoms with Crippen molar-refractivity contribution in [2.75, 3.05) is 13.2 Å². The fraction of sp³-hybridized carbons (Fsp3) is 0.333. The Morgan fingerprint density at radius 3 is 2.61 bits per heavy atom. The van der Waals surface area contributed by atoms with E-state index < -0.39 is 21.8 Å². The minimum Gasteiger partial charge on any atom is -0.449 e. The lowest BCUT2D eigenvalue weighted by atomic mass is 10.1. The summed E-state index contributed by atoms with van der Waals surface area (Å²) in [4.78, 5) is 16.1. The molecule has 1 aliphatic rings. The SMILES string of the molecule is Cc1nc(-c2ccc(S(=O)(=O)NC(=O)[C@@H]3CCOC3)cc2)co1. The van der Waals surface area contributed by atoms with Gasteiger partial charge in [-0.05, 0) is 18.6 Å². The molecule has 2 aromatic rings. The number of hydrogen-bond donors (Lipinski definition) is 1. The number of rotatable bonds is 4. The van der Waals surface area contributed by atoms with Crippen molar-refractivity contribution >= 4 is 15.9 Å². The van der Waals surface area contributed by atoms with E-state index in [1.54, 1.807) is 19.1 Å². The minimum absolute atomic E-state index is 0.0220. The Labute approximate surface area is 133 Å². The maximum atomic E-state index is 12.2.